The van der Waals surface area contributed by atoms with Crippen molar-refractivity contribution in [1.29, 1.82) is 0 Å². The summed E-state index contributed by atoms with van der Waals surface area (Å²) in [5.74, 6) is 0. The van der Waals surface area contributed by atoms with E-state index in [2.05, 4.69) is 49.4 Å². The lowest BCUT2D eigenvalue weighted by molar-refractivity contribution is 0.241. The Morgan fingerprint density at radius 1 is 1.06 bits per heavy atom. The molecule has 0 aliphatic rings. The van der Waals surface area contributed by atoms with Gasteiger partial charge in [0.05, 0.1) is 0 Å². The Morgan fingerprint density at radius 3 is 2.59 bits per heavy atom. The van der Waals surface area contributed by atoms with E-state index in [0.717, 1.165) is 13.0 Å². The summed E-state index contributed by atoms with van der Waals surface area (Å²) in [5, 5.41) is 3.68. The Kier molecular flexibility index (Phi) is 4.31. The largest absolute Gasteiger partial charge is 0.423 e. The molecule has 0 aliphatic heterocycles. The normalized spacial score (nSPS) is 11.2. The second-order valence-electron chi connectivity index (χ2n) is 3.87. The van der Waals surface area contributed by atoms with Crippen LogP contribution in [0.5, 0.6) is 0 Å². The molecule has 0 saturated carbocycles. The van der Waals surface area contributed by atoms with Crippen molar-refractivity contribution in [1.82, 2.24) is 0 Å². The number of rotatable bonds is 5. The Bertz CT molecular complexity index is 479. The standard InChI is InChI=1S/C14H17O2Si/c1-3-11-16-17(15-2)14-10-6-8-12-7-4-5-9-13(12)14/h4-10H,3,11H2,1-2H3. The molecular formula is C14H17O2Si. The van der Waals surface area contributed by atoms with E-state index in [1.54, 1.807) is 7.11 Å². The van der Waals surface area contributed by atoms with Gasteiger partial charge in [-0.1, -0.05) is 49.4 Å². The van der Waals surface area contributed by atoms with Crippen molar-refractivity contribution in [2.75, 3.05) is 13.7 Å². The van der Waals surface area contributed by atoms with Gasteiger partial charge in [-0.25, -0.2) is 0 Å². The van der Waals surface area contributed by atoms with Gasteiger partial charge in [0, 0.05) is 18.9 Å². The molecule has 0 spiro atoms. The van der Waals surface area contributed by atoms with E-state index in [-0.39, 0.29) is 0 Å². The van der Waals surface area contributed by atoms with Crippen LogP contribution in [0.2, 0.25) is 0 Å². The molecule has 2 nitrogen and oxygen atoms in total. The Labute approximate surface area is 104 Å². The van der Waals surface area contributed by atoms with Crippen molar-refractivity contribution in [3.8, 4) is 0 Å². The van der Waals surface area contributed by atoms with Gasteiger partial charge >= 0.3 is 9.28 Å². The van der Waals surface area contributed by atoms with Crippen LogP contribution < -0.4 is 5.19 Å². The van der Waals surface area contributed by atoms with E-state index < -0.39 is 9.28 Å². The van der Waals surface area contributed by atoms with E-state index in [0.29, 0.717) is 0 Å². The van der Waals surface area contributed by atoms with Crippen molar-refractivity contribution in [2.45, 2.75) is 13.3 Å². The summed E-state index contributed by atoms with van der Waals surface area (Å²) in [6.45, 7) is 2.86. The Morgan fingerprint density at radius 2 is 1.82 bits per heavy atom. The highest BCUT2D eigenvalue weighted by Gasteiger charge is 2.19. The van der Waals surface area contributed by atoms with Crippen molar-refractivity contribution < 1.29 is 8.85 Å². The fourth-order valence-corrected chi connectivity index (χ4v) is 3.41. The fraction of sp³-hybridized carbons (Fsp3) is 0.286. The molecule has 2 aromatic carbocycles. The average molecular weight is 245 g/mol. The van der Waals surface area contributed by atoms with Crippen molar-refractivity contribution in [3.05, 3.63) is 42.5 Å². The molecule has 0 unspecified atom stereocenters. The molecule has 0 heterocycles. The quantitative estimate of drug-likeness (QED) is 0.754. The van der Waals surface area contributed by atoms with Crippen LogP contribution in [0.3, 0.4) is 0 Å². The SMILES string of the molecule is CCCO[Si](OC)c1cccc2ccccc12. The van der Waals surface area contributed by atoms with E-state index in [1.807, 2.05) is 0 Å². The summed E-state index contributed by atoms with van der Waals surface area (Å²) < 4.78 is 11.3. The molecule has 0 fully saturated rings. The van der Waals surface area contributed by atoms with Gasteiger partial charge in [0.25, 0.3) is 0 Å². The lowest BCUT2D eigenvalue weighted by atomic mass is 10.1. The summed E-state index contributed by atoms with van der Waals surface area (Å²) in [6.07, 6.45) is 1.02. The summed E-state index contributed by atoms with van der Waals surface area (Å²) in [4.78, 5) is 0. The second kappa shape index (κ2) is 5.96. The summed E-state index contributed by atoms with van der Waals surface area (Å²) in [6, 6.07) is 14.6. The number of fused-ring (bicyclic) bond motifs is 1. The molecule has 17 heavy (non-hydrogen) atoms. The predicted octanol–water partition coefficient (Wildman–Crippen LogP) is 2.61. The molecule has 0 N–H and O–H groups in total. The maximum atomic E-state index is 5.81. The molecular weight excluding hydrogens is 228 g/mol. The lowest BCUT2D eigenvalue weighted by Crippen LogP contribution is -2.36. The molecule has 0 bridgehead atoms. The monoisotopic (exact) mass is 245 g/mol. The van der Waals surface area contributed by atoms with Gasteiger partial charge in [-0.2, -0.15) is 0 Å². The van der Waals surface area contributed by atoms with Crippen LogP contribution in [0.1, 0.15) is 13.3 Å². The first-order valence-corrected chi connectivity index (χ1v) is 7.20. The molecule has 1 radical (unpaired) electrons. The van der Waals surface area contributed by atoms with Crippen molar-refractivity contribution in [2.24, 2.45) is 0 Å². The highest BCUT2D eigenvalue weighted by atomic mass is 28.3. The Hall–Kier alpha value is -1.16. The highest BCUT2D eigenvalue weighted by molar-refractivity contribution is 6.64. The second-order valence-corrected chi connectivity index (χ2v) is 5.68. The minimum Gasteiger partial charge on any atom is -0.393 e. The molecule has 2 rings (SSSR count). The molecule has 2 aromatic rings. The summed E-state index contributed by atoms with van der Waals surface area (Å²) in [7, 11) is 0.379. The first-order valence-electron chi connectivity index (χ1n) is 5.88. The van der Waals surface area contributed by atoms with Gasteiger partial charge in [0.15, 0.2) is 0 Å². The van der Waals surface area contributed by atoms with E-state index in [9.17, 15) is 0 Å². The van der Waals surface area contributed by atoms with Crippen LogP contribution in [-0.2, 0) is 8.85 Å². The third-order valence-electron chi connectivity index (χ3n) is 2.63. The third kappa shape index (κ3) is 2.75. The molecule has 0 amide bonds. The highest BCUT2D eigenvalue weighted by Crippen LogP contribution is 2.12. The zero-order chi connectivity index (χ0) is 12.1. The average Bonchev–Trinajstić information content (AvgIpc) is 2.40. The van der Waals surface area contributed by atoms with E-state index >= 15 is 0 Å². The topological polar surface area (TPSA) is 18.5 Å². The first kappa shape index (κ1) is 12.3. The molecule has 0 atom stereocenters. The van der Waals surface area contributed by atoms with Crippen LogP contribution in [0.15, 0.2) is 42.5 Å². The number of hydrogen-bond donors (Lipinski definition) is 0. The Balaban J connectivity index is 2.38. The third-order valence-corrected chi connectivity index (χ3v) is 4.35. The zero-order valence-corrected chi connectivity index (χ0v) is 11.3. The molecule has 0 saturated heterocycles. The van der Waals surface area contributed by atoms with Gasteiger partial charge in [-0.3, -0.25) is 0 Å². The minimum absolute atomic E-state index is 0.755. The van der Waals surface area contributed by atoms with Crippen LogP contribution in [0, 0.1) is 0 Å². The van der Waals surface area contributed by atoms with Gasteiger partial charge in [-0.05, 0) is 17.2 Å². The van der Waals surface area contributed by atoms with Crippen molar-refractivity contribution >= 4 is 25.2 Å². The van der Waals surface area contributed by atoms with Gasteiger partial charge in [0.1, 0.15) is 0 Å². The zero-order valence-electron chi connectivity index (χ0n) is 10.3. The summed E-state index contributed by atoms with van der Waals surface area (Å²) in [5.41, 5.74) is 0. The van der Waals surface area contributed by atoms with Gasteiger partial charge < -0.3 is 8.85 Å². The maximum absolute atomic E-state index is 5.81. The van der Waals surface area contributed by atoms with E-state index in [4.69, 9.17) is 8.85 Å². The van der Waals surface area contributed by atoms with Gasteiger partial charge in [0.2, 0.25) is 0 Å². The van der Waals surface area contributed by atoms with Crippen molar-refractivity contribution in [3.63, 3.8) is 0 Å². The molecule has 0 aromatic heterocycles. The minimum atomic E-state index is -1.35. The summed E-state index contributed by atoms with van der Waals surface area (Å²) >= 11 is 0. The molecule has 3 heteroatoms. The van der Waals surface area contributed by atoms with Gasteiger partial charge in [-0.15, -0.1) is 0 Å². The number of hydrogen-bond acceptors (Lipinski definition) is 2. The fourth-order valence-electron chi connectivity index (χ4n) is 1.84. The smallest absolute Gasteiger partial charge is 0.393 e. The van der Waals surface area contributed by atoms with Crippen LogP contribution in [-0.4, -0.2) is 23.0 Å². The predicted molar refractivity (Wildman–Crippen MR) is 72.6 cm³/mol. The number of benzene rings is 2. The van der Waals surface area contributed by atoms with E-state index in [1.165, 1.54) is 16.0 Å². The van der Waals surface area contributed by atoms with Crippen LogP contribution in [0.4, 0.5) is 0 Å². The maximum Gasteiger partial charge on any atom is 0.423 e. The lowest BCUT2D eigenvalue weighted by Gasteiger charge is -2.14. The first-order chi connectivity index (χ1) is 8.36. The van der Waals surface area contributed by atoms with Crippen LogP contribution >= 0.6 is 0 Å². The molecule has 0 aliphatic carbocycles. The molecule has 89 valence electrons. The van der Waals surface area contributed by atoms with Crippen LogP contribution in [0.25, 0.3) is 10.8 Å².